The first-order valence-corrected chi connectivity index (χ1v) is 11.1. The van der Waals surface area contributed by atoms with Crippen LogP contribution in [0.2, 0.25) is 0 Å². The molecule has 8 N–H and O–H groups in total. The summed E-state index contributed by atoms with van der Waals surface area (Å²) in [6.07, 6.45) is 4.12. The maximum atomic E-state index is 12.7. The van der Waals surface area contributed by atoms with E-state index >= 15 is 0 Å². The topological polar surface area (TPSA) is 177 Å². The molecule has 0 heterocycles. The Balaban J connectivity index is 5.01. The summed E-state index contributed by atoms with van der Waals surface area (Å²) in [5, 5.41) is 16.3. The third-order valence-electron chi connectivity index (χ3n) is 4.21. The van der Waals surface area contributed by atoms with Gasteiger partial charge in [0.2, 0.25) is 17.7 Å². The van der Waals surface area contributed by atoms with Gasteiger partial charge >= 0.3 is 5.97 Å². The van der Waals surface area contributed by atoms with E-state index in [1.54, 1.807) is 13.8 Å². The lowest BCUT2D eigenvalue weighted by molar-refractivity contribution is -0.138. The fraction of sp³-hybridized carbons (Fsp3) is 0.778. The summed E-state index contributed by atoms with van der Waals surface area (Å²) in [7, 11) is 0. The number of nitrogens with two attached hydrogens (primary N) is 2. The highest BCUT2D eigenvalue weighted by atomic mass is 32.2. The molecule has 0 saturated carbocycles. The normalized spacial score (nSPS) is 14.0. The molecule has 29 heavy (non-hydrogen) atoms. The lowest BCUT2D eigenvalue weighted by Gasteiger charge is -2.26. The van der Waals surface area contributed by atoms with Gasteiger partial charge in [0.15, 0.2) is 0 Å². The highest BCUT2D eigenvalue weighted by Crippen LogP contribution is 2.07. The standard InChI is InChI=1S/C18H35N5O5S/c1-11(2)15(23-16(26)12(20)6-4-5-8-19)18(28)22-13(7-9-29-3)17(27)21-10-14(24)25/h11-13,15H,4-10,19-20H2,1-3H3,(H,21,27)(H,22,28)(H,23,26)(H,24,25). The zero-order chi connectivity index (χ0) is 22.4. The van der Waals surface area contributed by atoms with Gasteiger partial charge in [-0.05, 0) is 43.7 Å². The number of nitrogens with one attached hydrogen (secondary N) is 3. The SMILES string of the molecule is CSCCC(NC(=O)C(NC(=O)C(N)CCCCN)C(C)C)C(=O)NCC(=O)O. The smallest absolute Gasteiger partial charge is 0.322 e. The summed E-state index contributed by atoms with van der Waals surface area (Å²) in [6.45, 7) is 3.52. The Morgan fingerprint density at radius 1 is 1.00 bits per heavy atom. The van der Waals surface area contributed by atoms with Crippen LogP contribution in [0.1, 0.15) is 39.5 Å². The molecule has 3 amide bonds. The van der Waals surface area contributed by atoms with Gasteiger partial charge in [-0.3, -0.25) is 19.2 Å². The molecule has 11 heteroatoms. The van der Waals surface area contributed by atoms with Gasteiger partial charge in [0.25, 0.3) is 0 Å². The number of amides is 3. The molecule has 0 saturated heterocycles. The first-order valence-electron chi connectivity index (χ1n) is 9.68. The second-order valence-electron chi connectivity index (χ2n) is 7.08. The summed E-state index contributed by atoms with van der Waals surface area (Å²) < 4.78 is 0. The van der Waals surface area contributed by atoms with E-state index in [1.807, 2.05) is 6.26 Å². The number of carbonyl (C=O) groups is 4. The molecule has 3 unspecified atom stereocenters. The van der Waals surface area contributed by atoms with Gasteiger partial charge < -0.3 is 32.5 Å². The molecular weight excluding hydrogens is 398 g/mol. The number of carboxylic acids is 1. The summed E-state index contributed by atoms with van der Waals surface area (Å²) in [5.41, 5.74) is 11.3. The van der Waals surface area contributed by atoms with Crippen molar-refractivity contribution in [3.8, 4) is 0 Å². The van der Waals surface area contributed by atoms with Crippen molar-refractivity contribution in [2.45, 2.75) is 57.7 Å². The molecule has 3 atom stereocenters. The molecule has 0 aliphatic rings. The summed E-state index contributed by atoms with van der Waals surface area (Å²) in [5.74, 6) is -2.35. The van der Waals surface area contributed by atoms with E-state index in [0.717, 1.165) is 6.42 Å². The number of rotatable bonds is 15. The van der Waals surface area contributed by atoms with Crippen molar-refractivity contribution < 1.29 is 24.3 Å². The Morgan fingerprint density at radius 2 is 1.66 bits per heavy atom. The monoisotopic (exact) mass is 433 g/mol. The first-order chi connectivity index (χ1) is 13.6. The van der Waals surface area contributed by atoms with Crippen LogP contribution in [0.15, 0.2) is 0 Å². The van der Waals surface area contributed by atoms with Crippen molar-refractivity contribution in [2.24, 2.45) is 17.4 Å². The molecule has 10 nitrogen and oxygen atoms in total. The highest BCUT2D eigenvalue weighted by Gasteiger charge is 2.29. The summed E-state index contributed by atoms with van der Waals surface area (Å²) in [6, 6.07) is -2.51. The van der Waals surface area contributed by atoms with Crippen molar-refractivity contribution in [1.29, 1.82) is 0 Å². The number of aliphatic carboxylic acids is 1. The third-order valence-corrected chi connectivity index (χ3v) is 4.85. The van der Waals surface area contributed by atoms with Crippen LogP contribution >= 0.6 is 11.8 Å². The maximum absolute atomic E-state index is 12.7. The number of hydrogen-bond acceptors (Lipinski definition) is 7. The van der Waals surface area contributed by atoms with E-state index in [1.165, 1.54) is 11.8 Å². The van der Waals surface area contributed by atoms with Crippen LogP contribution < -0.4 is 27.4 Å². The molecule has 0 aromatic heterocycles. The van der Waals surface area contributed by atoms with Gasteiger partial charge in [-0.25, -0.2) is 0 Å². The number of hydrogen-bond donors (Lipinski definition) is 6. The number of thioether (sulfide) groups is 1. The van der Waals surface area contributed by atoms with Crippen molar-refractivity contribution >= 4 is 35.5 Å². The van der Waals surface area contributed by atoms with E-state index in [9.17, 15) is 19.2 Å². The quantitative estimate of drug-likeness (QED) is 0.179. The molecule has 168 valence electrons. The Labute approximate surface area is 176 Å². The van der Waals surface area contributed by atoms with Crippen LogP contribution in [0.5, 0.6) is 0 Å². The molecule has 0 aliphatic carbocycles. The molecule has 0 aliphatic heterocycles. The van der Waals surface area contributed by atoms with Gasteiger partial charge in [0, 0.05) is 0 Å². The fourth-order valence-electron chi connectivity index (χ4n) is 2.49. The number of carboxylic acid groups (broad SMARTS) is 1. The largest absolute Gasteiger partial charge is 0.480 e. The lowest BCUT2D eigenvalue weighted by Crippen LogP contribution is -2.57. The molecule has 0 fully saturated rings. The lowest BCUT2D eigenvalue weighted by atomic mass is 10.0. The van der Waals surface area contributed by atoms with Crippen molar-refractivity contribution in [3.05, 3.63) is 0 Å². The zero-order valence-corrected chi connectivity index (χ0v) is 18.2. The first kappa shape index (κ1) is 27.1. The van der Waals surface area contributed by atoms with Gasteiger partial charge in [0.05, 0.1) is 6.04 Å². The van der Waals surface area contributed by atoms with Gasteiger partial charge in [-0.2, -0.15) is 11.8 Å². The minimum Gasteiger partial charge on any atom is -0.480 e. The van der Waals surface area contributed by atoms with E-state index in [4.69, 9.17) is 16.6 Å². The van der Waals surface area contributed by atoms with Crippen LogP contribution in [0.3, 0.4) is 0 Å². The Morgan fingerprint density at radius 3 is 2.17 bits per heavy atom. The van der Waals surface area contributed by atoms with E-state index in [2.05, 4.69) is 16.0 Å². The molecule has 0 rings (SSSR count). The van der Waals surface area contributed by atoms with Crippen LogP contribution in [-0.2, 0) is 19.2 Å². The van der Waals surface area contributed by atoms with Crippen molar-refractivity contribution in [1.82, 2.24) is 16.0 Å². The minimum absolute atomic E-state index is 0.238. The zero-order valence-electron chi connectivity index (χ0n) is 17.4. The highest BCUT2D eigenvalue weighted by molar-refractivity contribution is 7.98. The predicted octanol–water partition coefficient (Wildman–Crippen LogP) is -0.978. The van der Waals surface area contributed by atoms with E-state index in [-0.39, 0.29) is 5.92 Å². The van der Waals surface area contributed by atoms with Crippen LogP contribution in [0.4, 0.5) is 0 Å². The molecule has 0 radical (unpaired) electrons. The second kappa shape index (κ2) is 15.1. The maximum Gasteiger partial charge on any atom is 0.322 e. The average molecular weight is 434 g/mol. The summed E-state index contributed by atoms with van der Waals surface area (Å²) in [4.78, 5) is 48.0. The number of unbranched alkanes of at least 4 members (excludes halogenated alkanes) is 1. The fourth-order valence-corrected chi connectivity index (χ4v) is 2.96. The Bertz CT molecular complexity index is 547. The van der Waals surface area contributed by atoms with Gasteiger partial charge in [0.1, 0.15) is 18.6 Å². The van der Waals surface area contributed by atoms with Crippen LogP contribution in [0.25, 0.3) is 0 Å². The molecule has 0 aromatic rings. The van der Waals surface area contributed by atoms with E-state index in [0.29, 0.717) is 31.6 Å². The molecule has 0 aromatic carbocycles. The minimum atomic E-state index is -1.18. The van der Waals surface area contributed by atoms with Crippen LogP contribution in [-0.4, -0.2) is 72.0 Å². The van der Waals surface area contributed by atoms with Crippen molar-refractivity contribution in [2.75, 3.05) is 25.1 Å². The van der Waals surface area contributed by atoms with Gasteiger partial charge in [-0.1, -0.05) is 20.3 Å². The summed E-state index contributed by atoms with van der Waals surface area (Å²) >= 11 is 1.49. The molecular formula is C18H35N5O5S. The Kier molecular flexibility index (Phi) is 14.1. The number of carbonyl (C=O) groups excluding carboxylic acids is 3. The van der Waals surface area contributed by atoms with Crippen molar-refractivity contribution in [3.63, 3.8) is 0 Å². The third kappa shape index (κ3) is 11.7. The van der Waals surface area contributed by atoms with Gasteiger partial charge in [-0.15, -0.1) is 0 Å². The second-order valence-corrected chi connectivity index (χ2v) is 8.06. The molecule has 0 spiro atoms. The Hall–Kier alpha value is -1.85. The average Bonchev–Trinajstić information content (AvgIpc) is 2.66. The predicted molar refractivity (Wildman–Crippen MR) is 113 cm³/mol. The molecule has 0 bridgehead atoms. The van der Waals surface area contributed by atoms with Crippen LogP contribution in [0, 0.1) is 5.92 Å². The van der Waals surface area contributed by atoms with E-state index < -0.39 is 48.4 Å².